The van der Waals surface area contributed by atoms with Crippen LogP contribution in [0.3, 0.4) is 0 Å². The van der Waals surface area contributed by atoms with Crippen molar-refractivity contribution in [2.75, 3.05) is 26.4 Å². The SMILES string of the molecule is O=S(=O)([O-])OC[C@H]1O[C@@](COS(=O)(=O)[O-])(O[C@H]2O[C@H](COS(=O)(=O)[O-])[C@@H](OS(=O)(=O)[O-])[C@H](OS(=O)(=O)[O-])[C@H]2OS(=O)(=O)[O-])[C@@H](COS(=O)(=O)[O-])[C@@H]1OS(=O)(=O)[O-].[Na+].[Na+].[Na+].[Na+].[Na+].[Na+].[Na+].[Na+]. The molecule has 0 N–H and O–H groups in total. The Morgan fingerprint density at radius 1 is 0.375 bits per heavy atom. The number of hydrogen-bond donors (Lipinski definition) is 0. The van der Waals surface area contributed by atoms with Crippen LogP contribution in [0.15, 0.2) is 0 Å². The molecule has 9 atom stereocenters. The molecule has 0 spiro atoms. The van der Waals surface area contributed by atoms with Gasteiger partial charge in [0.15, 0.2) is 12.4 Å². The Hall–Kier alpha value is 6.84. The molecule has 35 nitrogen and oxygen atoms in total. The molecule has 64 heavy (non-hydrogen) atoms. The maximum atomic E-state index is 11.7. The fraction of sp³-hybridized carbons (Fsp3) is 1.00. The van der Waals surface area contributed by atoms with Crippen LogP contribution >= 0.6 is 0 Å². The predicted octanol–water partition coefficient (Wildman–Crippen LogP) is -33.2. The fourth-order valence-corrected chi connectivity index (χ4v) is 7.70. The van der Waals surface area contributed by atoms with Crippen molar-refractivity contribution in [2.45, 2.75) is 48.7 Å². The summed E-state index contributed by atoms with van der Waals surface area (Å²) >= 11 is 0. The van der Waals surface area contributed by atoms with Crippen LogP contribution in [0.2, 0.25) is 0 Å². The first-order valence-electron chi connectivity index (χ1n) is 12.6. The van der Waals surface area contributed by atoms with Crippen LogP contribution in [0.1, 0.15) is 0 Å². The molecule has 0 aromatic carbocycles. The van der Waals surface area contributed by atoms with Crippen LogP contribution < -0.4 is 236 Å². The molecule has 2 heterocycles. The van der Waals surface area contributed by atoms with Gasteiger partial charge in [-0.2, -0.15) is 0 Å². The first kappa shape index (κ1) is 84.8. The minimum atomic E-state index is -6.55. The summed E-state index contributed by atoms with van der Waals surface area (Å²) in [5.74, 6) is -7.07. The van der Waals surface area contributed by atoms with Gasteiger partial charge in [0.05, 0.1) is 25.7 Å². The molecule has 0 saturated carbocycles. The normalized spacial score (nSPS) is 26.6. The van der Waals surface area contributed by atoms with Crippen molar-refractivity contribution >= 4 is 83.2 Å². The molecule has 2 saturated heterocycles. The largest absolute Gasteiger partial charge is 1.00 e. The average Bonchev–Trinajstić information content (AvgIpc) is 3.19. The van der Waals surface area contributed by atoms with Crippen LogP contribution in [0, 0.1) is 5.92 Å². The minimum absolute atomic E-state index is 0. The van der Waals surface area contributed by atoms with Crippen molar-refractivity contribution in [1.29, 1.82) is 0 Å². The van der Waals surface area contributed by atoms with Gasteiger partial charge in [-0.3, -0.25) is 33.5 Å². The maximum absolute atomic E-state index is 11.7. The number of rotatable bonds is 22. The third-order valence-electron chi connectivity index (χ3n) is 6.05. The van der Waals surface area contributed by atoms with Gasteiger partial charge in [0, 0.05) is 0 Å². The van der Waals surface area contributed by atoms with Crippen molar-refractivity contribution in [3.63, 3.8) is 0 Å². The summed E-state index contributed by atoms with van der Waals surface area (Å²) in [6.07, 6.45) is -23.1. The standard InChI is InChI=1S/C13H24O35S8.8Na/c14-49(15,16)38-1-5-8(45-53(26,27)28)7(3-40-51(20,21)22)43-13(5,4-41-52(23,24)25)44-12-11(48-56(35,36)37)10(47-55(32,33)34)9(46-54(29,30)31)6(42-12)2-39-50(17,18)19;;;;;;;;/h5-12H,1-4H2,(H,14,15,16)(H,17,18,19)(H,20,21,22)(H,23,24,25)(H,26,27,28)(H,29,30,31)(H,32,33,34)(H,35,36,37);;;;;;;;/q;8*+1/p-8/t5-,6+,7+,8-,9+,10-,11+,12+,13-;;;;;;;;/m0......../s1. The van der Waals surface area contributed by atoms with Gasteiger partial charge in [0.1, 0.15) is 37.1 Å². The van der Waals surface area contributed by atoms with E-state index in [2.05, 4.69) is 33.5 Å². The third kappa shape index (κ3) is 34.5. The summed E-state index contributed by atoms with van der Waals surface area (Å²) in [6, 6.07) is 0. The van der Waals surface area contributed by atoms with Gasteiger partial charge in [-0.15, -0.1) is 0 Å². The second kappa shape index (κ2) is 33.2. The molecule has 2 rings (SSSR count). The Balaban J connectivity index is -0.000000812. The van der Waals surface area contributed by atoms with Gasteiger partial charge in [-0.25, -0.2) is 67.3 Å². The van der Waals surface area contributed by atoms with Crippen LogP contribution in [-0.2, 0) is 131 Å². The molecule has 51 heteroatoms. The molecule has 0 bridgehead atoms. The zero-order valence-corrected chi connectivity index (χ0v) is 56.0. The molecule has 0 amide bonds. The molecule has 2 fully saturated rings. The summed E-state index contributed by atoms with van der Waals surface area (Å²) < 4.78 is 321. The van der Waals surface area contributed by atoms with Crippen molar-refractivity contribution in [3.8, 4) is 0 Å². The predicted molar refractivity (Wildman–Crippen MR) is 142 cm³/mol. The summed E-state index contributed by atoms with van der Waals surface area (Å²) in [6.45, 7) is -8.60. The number of hydrogen-bond acceptors (Lipinski definition) is 35. The molecule has 0 radical (unpaired) electrons. The molecular formula is C13H16Na8O35S8. The van der Waals surface area contributed by atoms with E-state index in [0.717, 1.165) is 0 Å². The molecule has 2 aliphatic heterocycles. The second-order valence-electron chi connectivity index (χ2n) is 9.86. The van der Waals surface area contributed by atoms with Gasteiger partial charge < -0.3 is 50.6 Å². The van der Waals surface area contributed by atoms with Gasteiger partial charge in [-0.05, 0) is 0 Å². The maximum Gasteiger partial charge on any atom is 1.00 e. The molecule has 0 aromatic heterocycles. The Morgan fingerprint density at radius 2 is 0.688 bits per heavy atom. The Labute approximate surface area is 541 Å². The van der Waals surface area contributed by atoms with Crippen molar-refractivity contribution in [3.05, 3.63) is 0 Å². The van der Waals surface area contributed by atoms with Crippen LogP contribution in [0.4, 0.5) is 0 Å². The topological polar surface area (TPSA) is 559 Å². The average molecular weight is 1170 g/mol. The molecular weight excluding hydrogens is 1160 g/mol. The zero-order chi connectivity index (χ0) is 43.7. The summed E-state index contributed by atoms with van der Waals surface area (Å²) in [5.41, 5.74) is 0. The molecule has 0 aliphatic carbocycles. The second-order valence-corrected chi connectivity index (χ2v) is 18.1. The van der Waals surface area contributed by atoms with E-state index in [9.17, 15) is 104 Å². The Bertz CT molecular complexity index is 2330. The van der Waals surface area contributed by atoms with E-state index < -0.39 is 164 Å². The van der Waals surface area contributed by atoms with Crippen molar-refractivity contribution in [1.82, 2.24) is 0 Å². The molecule has 2 aliphatic rings. The van der Waals surface area contributed by atoms with Crippen LogP contribution in [0.5, 0.6) is 0 Å². The molecule has 0 unspecified atom stereocenters. The minimum Gasteiger partial charge on any atom is -0.726 e. The molecule has 334 valence electrons. The van der Waals surface area contributed by atoms with E-state index in [0.29, 0.717) is 0 Å². The monoisotopic (exact) mass is 1170 g/mol. The van der Waals surface area contributed by atoms with E-state index >= 15 is 0 Å². The van der Waals surface area contributed by atoms with E-state index in [1.54, 1.807) is 0 Å². The summed E-state index contributed by atoms with van der Waals surface area (Å²) in [5, 5.41) is 0. The Kier molecular flexibility index (Phi) is 44.0. The van der Waals surface area contributed by atoms with E-state index in [4.69, 9.17) is 14.2 Å². The van der Waals surface area contributed by atoms with Crippen LogP contribution in [0.25, 0.3) is 0 Å². The quantitative estimate of drug-likeness (QED) is 0.0552. The van der Waals surface area contributed by atoms with E-state index in [-0.39, 0.29) is 236 Å². The fourth-order valence-electron chi connectivity index (χ4n) is 4.48. The van der Waals surface area contributed by atoms with Crippen molar-refractivity contribution < 1.29 is 388 Å². The van der Waals surface area contributed by atoms with Gasteiger partial charge in [-0.1, -0.05) is 0 Å². The summed E-state index contributed by atoms with van der Waals surface area (Å²) in [7, 11) is -50.1. The Morgan fingerprint density at radius 3 is 1.05 bits per heavy atom. The smallest absolute Gasteiger partial charge is 0.726 e. The number of ether oxygens (including phenoxy) is 3. The first-order valence-corrected chi connectivity index (χ1v) is 23.3. The van der Waals surface area contributed by atoms with Gasteiger partial charge in [0.2, 0.25) is 89.0 Å². The molecule has 0 aromatic rings. The van der Waals surface area contributed by atoms with Crippen LogP contribution in [-0.4, -0.2) is 179 Å². The van der Waals surface area contributed by atoms with E-state index in [1.165, 1.54) is 0 Å². The van der Waals surface area contributed by atoms with Gasteiger partial charge >= 0.3 is 236 Å². The summed E-state index contributed by atoms with van der Waals surface area (Å²) in [4.78, 5) is 0. The van der Waals surface area contributed by atoms with Crippen molar-refractivity contribution in [2.24, 2.45) is 5.92 Å². The zero-order valence-electron chi connectivity index (χ0n) is 33.5. The third-order valence-corrected chi connectivity index (χ3v) is 9.56. The first-order chi connectivity index (χ1) is 24.7. The van der Waals surface area contributed by atoms with Gasteiger partial charge in [0.25, 0.3) is 0 Å². The van der Waals surface area contributed by atoms with E-state index in [1.807, 2.05) is 0 Å².